The zero-order valence-corrected chi connectivity index (χ0v) is 30.0. The lowest BCUT2D eigenvalue weighted by Crippen LogP contribution is -2.44. The minimum atomic E-state index is -3.40. The van der Waals surface area contributed by atoms with Gasteiger partial charge < -0.3 is 18.9 Å². The number of fused-ring (bicyclic) bond motifs is 2. The van der Waals surface area contributed by atoms with Gasteiger partial charge in [-0.3, -0.25) is 19.2 Å². The predicted octanol–water partition coefficient (Wildman–Crippen LogP) is 7.24. The van der Waals surface area contributed by atoms with E-state index in [9.17, 15) is 14.7 Å². The molecule has 0 saturated carbocycles. The summed E-state index contributed by atoms with van der Waals surface area (Å²) in [6.07, 6.45) is 6.08. The monoisotopic (exact) mass is 695 g/mol. The highest BCUT2D eigenvalue weighted by atomic mass is 28.4. The van der Waals surface area contributed by atoms with E-state index in [1.807, 2.05) is 96.9 Å². The fraction of sp³-hybridized carbons (Fsp3) is 0.436. The average Bonchev–Trinajstić information content (AvgIpc) is 3.76. The molecule has 2 amide bonds. The van der Waals surface area contributed by atoms with Crippen LogP contribution >= 0.6 is 0 Å². The van der Waals surface area contributed by atoms with Crippen molar-refractivity contribution >= 4 is 37.3 Å². The van der Waals surface area contributed by atoms with Gasteiger partial charge in [0.05, 0.1) is 30.0 Å². The molecule has 1 aromatic heterocycles. The number of aromatic nitrogens is 3. The van der Waals surface area contributed by atoms with Crippen LogP contribution in [-0.4, -0.2) is 59.6 Å². The van der Waals surface area contributed by atoms with Crippen molar-refractivity contribution in [2.24, 2.45) is 5.92 Å². The number of aliphatic hydroxyl groups is 1. The Morgan fingerprint density at radius 2 is 1.70 bits per heavy atom. The molecule has 0 bridgehead atoms. The average molecular weight is 696 g/mol. The van der Waals surface area contributed by atoms with E-state index < -0.39 is 31.6 Å². The summed E-state index contributed by atoms with van der Waals surface area (Å²) in [6.45, 7) is 6.28. The number of benzene rings is 3. The van der Waals surface area contributed by atoms with Gasteiger partial charge in [-0.1, -0.05) is 73.5 Å². The molecule has 3 aliphatic rings. The summed E-state index contributed by atoms with van der Waals surface area (Å²) in [7, 11) is -3.40. The summed E-state index contributed by atoms with van der Waals surface area (Å²) >= 11 is 0. The molecule has 5 atom stereocenters. The second-order valence-corrected chi connectivity index (χ2v) is 18.3. The molecular formula is C39H46FN5O4Si. The zero-order valence-electron chi connectivity index (χ0n) is 29.0. The largest absolute Gasteiger partial charge is 0.395 e. The molecule has 2 fully saturated rings. The van der Waals surface area contributed by atoms with Gasteiger partial charge in [0.1, 0.15) is 0 Å². The van der Waals surface area contributed by atoms with Crippen LogP contribution < -0.4 is 9.80 Å². The van der Waals surface area contributed by atoms with Crippen LogP contribution in [0.1, 0.15) is 68.2 Å². The molecule has 4 aromatic rings. The maximum atomic E-state index is 16.5. The van der Waals surface area contributed by atoms with E-state index in [-0.39, 0.29) is 24.3 Å². The number of halogens is 1. The highest BCUT2D eigenvalue weighted by molar-refractivity contribution is 6.72. The second-order valence-electron chi connectivity index (χ2n) is 14.5. The predicted molar refractivity (Wildman–Crippen MR) is 194 cm³/mol. The third-order valence-corrected chi connectivity index (χ3v) is 13.4. The molecule has 7 rings (SSSR count). The Morgan fingerprint density at radius 3 is 2.42 bits per heavy atom. The van der Waals surface area contributed by atoms with Gasteiger partial charge in [0.15, 0.2) is 5.60 Å². The number of hydrogen-bond acceptors (Lipinski definition) is 6. The number of carbonyl (C=O) groups excluding carboxylic acids is 2. The second kappa shape index (κ2) is 13.8. The molecule has 0 aliphatic carbocycles. The first kappa shape index (κ1) is 34.3. The first-order valence-corrected chi connectivity index (χ1v) is 20.9. The summed E-state index contributed by atoms with van der Waals surface area (Å²) in [5.74, 6) is -0.934. The molecule has 11 heteroatoms. The molecule has 0 radical (unpaired) electrons. The van der Waals surface area contributed by atoms with Gasteiger partial charge in [0.2, 0.25) is 14.3 Å². The Bertz CT molecular complexity index is 1830. The lowest BCUT2D eigenvalue weighted by molar-refractivity contribution is -0.145. The Labute approximate surface area is 294 Å². The van der Waals surface area contributed by atoms with Gasteiger partial charge in [-0.05, 0) is 68.3 Å². The lowest BCUT2D eigenvalue weighted by Gasteiger charge is -2.31. The number of ether oxygens (including phenoxy) is 1. The van der Waals surface area contributed by atoms with Crippen molar-refractivity contribution in [3.63, 3.8) is 0 Å². The number of hydrogen-bond donors (Lipinski definition) is 1. The Morgan fingerprint density at radius 1 is 0.980 bits per heavy atom. The molecule has 2 saturated heterocycles. The maximum absolute atomic E-state index is 16.5. The molecule has 3 aliphatic heterocycles. The number of para-hydroxylation sites is 1. The topological polar surface area (TPSA) is 101 Å². The van der Waals surface area contributed by atoms with Gasteiger partial charge in [-0.25, -0.2) is 0 Å². The minimum absolute atomic E-state index is 0.0827. The first-order chi connectivity index (χ1) is 24.1. The van der Waals surface area contributed by atoms with E-state index in [1.165, 1.54) is 0 Å². The molecule has 50 heavy (non-hydrogen) atoms. The van der Waals surface area contributed by atoms with Crippen LogP contribution in [0.4, 0.5) is 21.2 Å². The van der Waals surface area contributed by atoms with E-state index in [4.69, 9.17) is 4.74 Å². The summed E-state index contributed by atoms with van der Waals surface area (Å²) in [6, 6.07) is 25.0. The molecule has 9 nitrogen and oxygen atoms in total. The number of aryl methyl sites for hydroxylation is 1. The molecular weight excluding hydrogens is 650 g/mol. The van der Waals surface area contributed by atoms with Crippen molar-refractivity contribution in [1.29, 1.82) is 0 Å². The lowest BCUT2D eigenvalue weighted by atomic mass is 9.82. The van der Waals surface area contributed by atoms with Crippen LogP contribution in [0, 0.1) is 5.92 Å². The first-order valence-electron chi connectivity index (χ1n) is 17.9. The normalized spacial score (nSPS) is 24.8. The van der Waals surface area contributed by atoms with Crippen molar-refractivity contribution in [3.8, 4) is 0 Å². The van der Waals surface area contributed by atoms with Crippen LogP contribution in [0.15, 0.2) is 85.1 Å². The minimum Gasteiger partial charge on any atom is -0.395 e. The smallest absolute Gasteiger partial charge is 0.268 e. The fourth-order valence-electron chi connectivity index (χ4n) is 8.56. The highest BCUT2D eigenvalue weighted by Crippen LogP contribution is 2.61. The molecule has 1 spiro atoms. The standard InChI is InChI=1S/C39H46FN5O4Si/c1-27-37(50(2,3)40)35(21-23-43-25-33(41-42-43)31(26-46)28-14-8-6-9-15-28)49-39(27)32-24-30(44-22-13-5-4-12-18-36(44)47)19-20-34(32)45(38(39)48)29-16-10-7-11-17-29/h6-11,14-17,19-20,24-25,27,31,35,37,46H,4-5,12-13,18,21-23,26H2,1-3H3/t27-,31?,35+,37-,39+/m0/s1. The summed E-state index contributed by atoms with van der Waals surface area (Å²) < 4.78 is 25.3. The van der Waals surface area contributed by atoms with Crippen LogP contribution in [-0.2, 0) is 26.5 Å². The van der Waals surface area contributed by atoms with Crippen molar-refractivity contribution in [3.05, 3.63) is 102 Å². The number of nitrogens with zero attached hydrogens (tertiary/aromatic N) is 5. The molecule has 3 aromatic carbocycles. The summed E-state index contributed by atoms with van der Waals surface area (Å²) in [4.78, 5) is 31.8. The molecule has 4 heterocycles. The Hall–Kier alpha value is -4.19. The van der Waals surface area contributed by atoms with E-state index in [2.05, 4.69) is 10.3 Å². The van der Waals surface area contributed by atoms with Crippen LogP contribution in [0.3, 0.4) is 0 Å². The van der Waals surface area contributed by atoms with E-state index in [1.54, 1.807) is 22.7 Å². The third-order valence-electron chi connectivity index (χ3n) is 10.9. The third kappa shape index (κ3) is 6.09. The van der Waals surface area contributed by atoms with Crippen LogP contribution in [0.2, 0.25) is 18.6 Å². The van der Waals surface area contributed by atoms with Gasteiger partial charge in [0, 0.05) is 54.1 Å². The van der Waals surface area contributed by atoms with Gasteiger partial charge in [0.25, 0.3) is 5.91 Å². The number of rotatable bonds is 9. The Kier molecular flexibility index (Phi) is 9.49. The number of carbonyl (C=O) groups is 2. The van der Waals surface area contributed by atoms with Crippen LogP contribution in [0.5, 0.6) is 0 Å². The fourth-order valence-corrected chi connectivity index (χ4v) is 11.1. The number of anilines is 3. The quantitative estimate of drug-likeness (QED) is 0.146. The summed E-state index contributed by atoms with van der Waals surface area (Å²) in [5, 5.41) is 18.9. The summed E-state index contributed by atoms with van der Waals surface area (Å²) in [5.41, 5.74) is 2.53. The molecule has 262 valence electrons. The van der Waals surface area contributed by atoms with Gasteiger partial charge in [-0.2, -0.15) is 0 Å². The maximum Gasteiger partial charge on any atom is 0.268 e. The zero-order chi connectivity index (χ0) is 35.0. The highest BCUT2D eigenvalue weighted by Gasteiger charge is 2.67. The van der Waals surface area contributed by atoms with E-state index >= 15 is 4.11 Å². The number of aliphatic hydroxyl groups excluding tert-OH is 1. The SMILES string of the molecule is C[C@H]1[C@H]([Si](C)(C)F)[C@@H](CCn2cc(C(CO)c3ccccc3)nn2)O[C@]12C(=O)N(c1ccccc1)c1ccc(N3CCCCCCC3=O)cc12. The van der Waals surface area contributed by atoms with Crippen molar-refractivity contribution in [2.45, 2.75) is 88.3 Å². The van der Waals surface area contributed by atoms with Gasteiger partial charge >= 0.3 is 0 Å². The van der Waals surface area contributed by atoms with Crippen LogP contribution in [0.25, 0.3) is 0 Å². The van der Waals surface area contributed by atoms with Crippen molar-refractivity contribution < 1.29 is 23.5 Å². The van der Waals surface area contributed by atoms with Gasteiger partial charge in [-0.15, -0.1) is 5.10 Å². The van der Waals surface area contributed by atoms with E-state index in [0.29, 0.717) is 48.6 Å². The van der Waals surface area contributed by atoms with Crippen molar-refractivity contribution in [1.82, 2.24) is 15.0 Å². The number of amides is 2. The Balaban J connectivity index is 1.24. The van der Waals surface area contributed by atoms with E-state index in [0.717, 1.165) is 36.9 Å². The molecule has 1 N–H and O–H groups in total. The molecule has 1 unspecified atom stereocenters. The van der Waals surface area contributed by atoms with Crippen molar-refractivity contribution in [2.75, 3.05) is 23.0 Å².